The molecule has 1 unspecified atom stereocenters. The number of fused-ring (bicyclic) bond motifs is 1. The SMILES string of the molecule is C=CC(=O)OC(CC)Cc1ccc(O)c(-n2nc3ccccc3n2)c1. The molecular formula is C19H19N3O3. The average Bonchev–Trinajstić information content (AvgIpc) is 3.06. The van der Waals surface area contributed by atoms with Crippen LogP contribution in [0.2, 0.25) is 0 Å². The van der Waals surface area contributed by atoms with Crippen LogP contribution >= 0.6 is 0 Å². The van der Waals surface area contributed by atoms with Gasteiger partial charge in [0.15, 0.2) is 0 Å². The summed E-state index contributed by atoms with van der Waals surface area (Å²) < 4.78 is 5.32. The molecule has 1 N–H and O–H groups in total. The van der Waals surface area contributed by atoms with Crippen LogP contribution in [0.5, 0.6) is 5.75 Å². The molecule has 0 aliphatic rings. The van der Waals surface area contributed by atoms with E-state index < -0.39 is 5.97 Å². The second-order valence-corrected chi connectivity index (χ2v) is 5.68. The molecule has 6 heteroatoms. The molecule has 0 aliphatic carbocycles. The number of benzene rings is 2. The fraction of sp³-hybridized carbons (Fsp3) is 0.211. The van der Waals surface area contributed by atoms with Gasteiger partial charge in [0.05, 0.1) is 0 Å². The van der Waals surface area contributed by atoms with Crippen LogP contribution in [0.15, 0.2) is 55.1 Å². The molecule has 1 aromatic heterocycles. The van der Waals surface area contributed by atoms with Crippen LogP contribution < -0.4 is 0 Å². The summed E-state index contributed by atoms with van der Waals surface area (Å²) in [7, 11) is 0. The quantitative estimate of drug-likeness (QED) is 0.552. The molecular weight excluding hydrogens is 318 g/mol. The Bertz CT molecular complexity index is 884. The van der Waals surface area contributed by atoms with E-state index in [0.717, 1.165) is 22.7 Å². The highest BCUT2D eigenvalue weighted by Crippen LogP contribution is 2.24. The van der Waals surface area contributed by atoms with Crippen molar-refractivity contribution in [3.63, 3.8) is 0 Å². The zero-order chi connectivity index (χ0) is 17.8. The van der Waals surface area contributed by atoms with Gasteiger partial charge in [0.2, 0.25) is 0 Å². The Labute approximate surface area is 145 Å². The summed E-state index contributed by atoms with van der Waals surface area (Å²) in [4.78, 5) is 12.8. The van der Waals surface area contributed by atoms with Crippen LogP contribution in [0.4, 0.5) is 0 Å². The number of carbonyl (C=O) groups is 1. The number of carbonyl (C=O) groups excluding carboxylic acids is 1. The van der Waals surface area contributed by atoms with Gasteiger partial charge in [0.1, 0.15) is 28.6 Å². The van der Waals surface area contributed by atoms with Crippen molar-refractivity contribution in [2.24, 2.45) is 0 Å². The smallest absolute Gasteiger partial charge is 0.330 e. The Morgan fingerprint density at radius 1 is 1.28 bits per heavy atom. The minimum absolute atomic E-state index is 0.0835. The van der Waals surface area contributed by atoms with Crippen molar-refractivity contribution in [1.82, 2.24) is 15.0 Å². The van der Waals surface area contributed by atoms with Crippen molar-refractivity contribution >= 4 is 17.0 Å². The van der Waals surface area contributed by atoms with Crippen LogP contribution in [-0.2, 0) is 16.0 Å². The van der Waals surface area contributed by atoms with Gasteiger partial charge in [-0.3, -0.25) is 0 Å². The highest BCUT2D eigenvalue weighted by atomic mass is 16.5. The third kappa shape index (κ3) is 3.68. The van der Waals surface area contributed by atoms with Crippen molar-refractivity contribution in [2.75, 3.05) is 0 Å². The standard InChI is InChI=1S/C19H19N3O3/c1-3-14(25-19(24)4-2)11-13-9-10-18(23)17(12-13)22-20-15-7-5-6-8-16(15)21-22/h4-10,12,14,23H,2-3,11H2,1H3. The monoisotopic (exact) mass is 337 g/mol. The van der Waals surface area contributed by atoms with Gasteiger partial charge >= 0.3 is 5.97 Å². The summed E-state index contributed by atoms with van der Waals surface area (Å²) >= 11 is 0. The zero-order valence-electron chi connectivity index (χ0n) is 13.9. The number of rotatable bonds is 6. The van der Waals surface area contributed by atoms with Crippen molar-refractivity contribution < 1.29 is 14.6 Å². The molecule has 0 spiro atoms. The van der Waals surface area contributed by atoms with E-state index in [0.29, 0.717) is 18.5 Å². The second-order valence-electron chi connectivity index (χ2n) is 5.68. The normalized spacial score (nSPS) is 12.0. The van der Waals surface area contributed by atoms with Crippen molar-refractivity contribution in [1.29, 1.82) is 0 Å². The number of ether oxygens (including phenoxy) is 1. The fourth-order valence-electron chi connectivity index (χ4n) is 2.57. The summed E-state index contributed by atoms with van der Waals surface area (Å²) in [6, 6.07) is 12.7. The topological polar surface area (TPSA) is 77.2 Å². The first-order valence-corrected chi connectivity index (χ1v) is 8.08. The van der Waals surface area contributed by atoms with Gasteiger partial charge in [-0.2, -0.15) is 0 Å². The minimum Gasteiger partial charge on any atom is -0.506 e. The molecule has 0 amide bonds. The van der Waals surface area contributed by atoms with Crippen molar-refractivity contribution in [3.8, 4) is 11.4 Å². The van der Waals surface area contributed by atoms with Gasteiger partial charge in [-0.25, -0.2) is 4.79 Å². The Balaban J connectivity index is 1.89. The molecule has 3 rings (SSSR count). The number of aromatic hydroxyl groups is 1. The Hall–Kier alpha value is -3.15. The summed E-state index contributed by atoms with van der Waals surface area (Å²) in [5.74, 6) is -0.356. The lowest BCUT2D eigenvalue weighted by atomic mass is 10.1. The molecule has 2 aromatic carbocycles. The van der Waals surface area contributed by atoms with Gasteiger partial charge in [0.25, 0.3) is 0 Å². The number of esters is 1. The van der Waals surface area contributed by atoms with Crippen LogP contribution in [0.25, 0.3) is 16.7 Å². The molecule has 1 heterocycles. The van der Waals surface area contributed by atoms with Gasteiger partial charge in [-0.15, -0.1) is 15.0 Å². The molecule has 3 aromatic rings. The maximum Gasteiger partial charge on any atom is 0.330 e. The fourth-order valence-corrected chi connectivity index (χ4v) is 2.57. The van der Waals surface area contributed by atoms with E-state index in [9.17, 15) is 9.90 Å². The predicted molar refractivity (Wildman–Crippen MR) is 94.6 cm³/mol. The molecule has 128 valence electrons. The van der Waals surface area contributed by atoms with E-state index in [4.69, 9.17) is 4.74 Å². The van der Waals surface area contributed by atoms with E-state index in [2.05, 4.69) is 16.8 Å². The molecule has 1 atom stereocenters. The number of nitrogens with zero attached hydrogens (tertiary/aromatic N) is 3. The highest BCUT2D eigenvalue weighted by molar-refractivity contribution is 5.81. The van der Waals surface area contributed by atoms with E-state index in [1.165, 1.54) is 4.80 Å². The summed E-state index contributed by atoms with van der Waals surface area (Å²) in [6.07, 6.45) is 2.11. The molecule has 25 heavy (non-hydrogen) atoms. The third-order valence-corrected chi connectivity index (χ3v) is 3.91. The lowest BCUT2D eigenvalue weighted by Crippen LogP contribution is -2.18. The van der Waals surface area contributed by atoms with Crippen LogP contribution in [0.3, 0.4) is 0 Å². The molecule has 0 radical (unpaired) electrons. The number of phenols is 1. The molecule has 0 saturated carbocycles. The number of hydrogen-bond acceptors (Lipinski definition) is 5. The maximum atomic E-state index is 11.4. The summed E-state index contributed by atoms with van der Waals surface area (Å²) in [6.45, 7) is 5.36. The average molecular weight is 337 g/mol. The minimum atomic E-state index is -0.439. The van der Waals surface area contributed by atoms with E-state index in [1.807, 2.05) is 31.2 Å². The van der Waals surface area contributed by atoms with Gasteiger partial charge < -0.3 is 9.84 Å². The highest BCUT2D eigenvalue weighted by Gasteiger charge is 2.14. The molecule has 0 aliphatic heterocycles. The largest absolute Gasteiger partial charge is 0.506 e. The van der Waals surface area contributed by atoms with Crippen molar-refractivity contribution in [3.05, 3.63) is 60.7 Å². The second kappa shape index (κ2) is 7.17. The van der Waals surface area contributed by atoms with Crippen molar-refractivity contribution in [2.45, 2.75) is 25.9 Å². The van der Waals surface area contributed by atoms with E-state index in [1.54, 1.807) is 18.2 Å². The lowest BCUT2D eigenvalue weighted by Gasteiger charge is -2.16. The molecule has 0 fully saturated rings. The van der Waals surface area contributed by atoms with Gasteiger partial charge in [-0.1, -0.05) is 31.7 Å². The Kier molecular flexibility index (Phi) is 4.79. The van der Waals surface area contributed by atoms with Crippen LogP contribution in [0.1, 0.15) is 18.9 Å². The number of hydrogen-bond donors (Lipinski definition) is 1. The predicted octanol–water partition coefficient (Wildman–Crippen LogP) is 3.18. The van der Waals surface area contributed by atoms with E-state index >= 15 is 0 Å². The van der Waals surface area contributed by atoms with Gasteiger partial charge in [0, 0.05) is 12.5 Å². The summed E-state index contributed by atoms with van der Waals surface area (Å²) in [5.41, 5.74) is 2.90. The molecule has 6 nitrogen and oxygen atoms in total. The molecule has 0 saturated heterocycles. The van der Waals surface area contributed by atoms with Gasteiger partial charge in [-0.05, 0) is 36.2 Å². The molecule has 0 bridgehead atoms. The Morgan fingerprint density at radius 3 is 2.56 bits per heavy atom. The summed E-state index contributed by atoms with van der Waals surface area (Å²) in [5, 5.41) is 19.0. The third-order valence-electron chi connectivity index (χ3n) is 3.91. The number of aromatic nitrogens is 3. The maximum absolute atomic E-state index is 11.4. The zero-order valence-corrected chi connectivity index (χ0v) is 13.9. The Morgan fingerprint density at radius 2 is 1.96 bits per heavy atom. The van der Waals surface area contributed by atoms with E-state index in [-0.39, 0.29) is 11.9 Å². The van der Waals surface area contributed by atoms with Crippen LogP contribution in [0, 0.1) is 0 Å². The number of phenolic OH excluding ortho intramolecular Hbond substituents is 1. The first-order valence-electron chi connectivity index (χ1n) is 8.08. The van der Waals surface area contributed by atoms with Crippen LogP contribution in [-0.4, -0.2) is 32.2 Å². The lowest BCUT2D eigenvalue weighted by molar-refractivity contribution is -0.143. The first kappa shape index (κ1) is 16.7. The first-order chi connectivity index (χ1) is 12.1.